The quantitative estimate of drug-likeness (QED) is 0.665. The second-order valence-electron chi connectivity index (χ2n) is 3.50. The Morgan fingerprint density at radius 2 is 1.95 bits per heavy atom. The van der Waals surface area contributed by atoms with E-state index in [2.05, 4.69) is 10.3 Å². The summed E-state index contributed by atoms with van der Waals surface area (Å²) < 4.78 is 0. The lowest BCUT2D eigenvalue weighted by Crippen LogP contribution is -2.02. The Morgan fingerprint density at radius 1 is 1.21 bits per heavy atom. The fraction of sp³-hybridized carbons (Fsp3) is 0.100. The number of hydrogen-bond acceptors (Lipinski definition) is 7. The molecule has 2 rings (SSSR count). The molecule has 0 fully saturated rings. The fourth-order valence-electron chi connectivity index (χ4n) is 1.44. The van der Waals surface area contributed by atoms with Gasteiger partial charge in [0.25, 0.3) is 5.69 Å². The van der Waals surface area contributed by atoms with Gasteiger partial charge in [0.05, 0.1) is 9.85 Å². The predicted octanol–water partition coefficient (Wildman–Crippen LogP) is 2.57. The zero-order chi connectivity index (χ0) is 13.8. The van der Waals surface area contributed by atoms with Crippen molar-refractivity contribution in [3.8, 4) is 0 Å². The first kappa shape index (κ1) is 12.9. The second kappa shape index (κ2) is 5.40. The van der Waals surface area contributed by atoms with Gasteiger partial charge in [-0.05, 0) is 11.3 Å². The normalized spacial score (nSPS) is 10.1. The summed E-state index contributed by atoms with van der Waals surface area (Å²) in [6, 6.07) is 6.29. The zero-order valence-corrected chi connectivity index (χ0v) is 10.3. The number of nitro benzene ring substituents is 1. The molecule has 0 aliphatic heterocycles. The number of nitrogens with one attached hydrogen (secondary N) is 1. The van der Waals surface area contributed by atoms with Gasteiger partial charge in [-0.15, -0.1) is 0 Å². The van der Waals surface area contributed by atoms with Gasteiger partial charge in [-0.25, -0.2) is 4.98 Å². The molecule has 0 radical (unpaired) electrons. The molecule has 0 atom stereocenters. The van der Waals surface area contributed by atoms with E-state index in [-0.39, 0.29) is 17.2 Å². The first-order valence-electron chi connectivity index (χ1n) is 5.14. The summed E-state index contributed by atoms with van der Waals surface area (Å²) in [6.07, 6.45) is 1.15. The lowest BCUT2D eigenvalue weighted by Gasteiger charge is -2.03. The van der Waals surface area contributed by atoms with Gasteiger partial charge in [-0.3, -0.25) is 20.2 Å². The molecule has 0 bridgehead atoms. The smallest absolute Gasteiger partial charge is 0.345 e. The minimum atomic E-state index is -0.534. The van der Waals surface area contributed by atoms with Crippen molar-refractivity contribution >= 4 is 27.2 Å². The number of hydrogen-bond donors (Lipinski definition) is 1. The average molecular weight is 280 g/mol. The molecule has 19 heavy (non-hydrogen) atoms. The maximum Gasteiger partial charge on any atom is 0.345 e. The number of nitro groups is 2. The van der Waals surface area contributed by atoms with E-state index < -0.39 is 9.85 Å². The third-order valence-corrected chi connectivity index (χ3v) is 3.20. The Hall–Kier alpha value is -2.55. The first-order valence-corrected chi connectivity index (χ1v) is 5.96. The summed E-state index contributed by atoms with van der Waals surface area (Å²) >= 11 is 0.883. The number of nitrogens with zero attached hydrogens (tertiary/aromatic N) is 3. The van der Waals surface area contributed by atoms with Crippen LogP contribution in [0.25, 0.3) is 0 Å². The molecule has 1 N–H and O–H groups in total. The largest absolute Gasteiger partial charge is 0.357 e. The lowest BCUT2D eigenvalue weighted by atomic mass is 10.2. The molecule has 0 saturated carbocycles. The van der Waals surface area contributed by atoms with E-state index in [4.69, 9.17) is 0 Å². The van der Waals surface area contributed by atoms with Crippen LogP contribution in [0.3, 0.4) is 0 Å². The van der Waals surface area contributed by atoms with E-state index in [9.17, 15) is 20.2 Å². The Labute approximate surface area is 111 Å². The monoisotopic (exact) mass is 280 g/mol. The molecule has 98 valence electrons. The van der Waals surface area contributed by atoms with Crippen LogP contribution in [0.2, 0.25) is 0 Å². The highest BCUT2D eigenvalue weighted by atomic mass is 32.1. The van der Waals surface area contributed by atoms with Crippen molar-refractivity contribution in [2.24, 2.45) is 0 Å². The van der Waals surface area contributed by atoms with E-state index in [0.717, 1.165) is 17.5 Å². The molecule has 1 aromatic carbocycles. The van der Waals surface area contributed by atoms with Crippen molar-refractivity contribution in [1.82, 2.24) is 4.98 Å². The SMILES string of the molecule is O=[N+]([O-])c1cnc(NCc2ccccc2[N+](=O)[O-])s1. The summed E-state index contributed by atoms with van der Waals surface area (Å²) in [7, 11) is 0. The Kier molecular flexibility index (Phi) is 3.66. The Bertz CT molecular complexity index is 627. The molecule has 0 unspecified atom stereocenters. The van der Waals surface area contributed by atoms with Crippen molar-refractivity contribution < 1.29 is 9.85 Å². The van der Waals surface area contributed by atoms with Gasteiger partial charge in [0.1, 0.15) is 6.20 Å². The van der Waals surface area contributed by atoms with E-state index in [0.29, 0.717) is 10.7 Å². The van der Waals surface area contributed by atoms with Crippen LogP contribution in [0.1, 0.15) is 5.56 Å². The number of thiazole rings is 1. The Balaban J connectivity index is 2.10. The number of rotatable bonds is 5. The van der Waals surface area contributed by atoms with Crippen molar-refractivity contribution in [2.75, 3.05) is 5.32 Å². The highest BCUT2D eigenvalue weighted by molar-refractivity contribution is 7.18. The molecule has 9 heteroatoms. The molecule has 0 aliphatic carbocycles. The van der Waals surface area contributed by atoms with Crippen molar-refractivity contribution in [1.29, 1.82) is 0 Å². The minimum Gasteiger partial charge on any atom is -0.357 e. The van der Waals surface area contributed by atoms with Crippen LogP contribution in [0.15, 0.2) is 30.5 Å². The van der Waals surface area contributed by atoms with Gasteiger partial charge in [-0.2, -0.15) is 0 Å². The third-order valence-electron chi connectivity index (χ3n) is 2.29. The van der Waals surface area contributed by atoms with Gasteiger partial charge in [0.2, 0.25) is 0 Å². The van der Waals surface area contributed by atoms with Gasteiger partial charge >= 0.3 is 5.00 Å². The maximum absolute atomic E-state index is 10.8. The molecule has 0 spiro atoms. The van der Waals surface area contributed by atoms with Crippen LogP contribution in [-0.2, 0) is 6.54 Å². The van der Waals surface area contributed by atoms with Gasteiger partial charge in [0, 0.05) is 18.2 Å². The van der Waals surface area contributed by atoms with E-state index in [1.807, 2.05) is 0 Å². The molecule has 0 aliphatic rings. The maximum atomic E-state index is 10.8. The molecule has 1 aromatic heterocycles. The van der Waals surface area contributed by atoms with E-state index in [1.54, 1.807) is 18.2 Å². The van der Waals surface area contributed by atoms with Crippen molar-refractivity contribution in [2.45, 2.75) is 6.54 Å². The van der Waals surface area contributed by atoms with Crippen LogP contribution in [0.5, 0.6) is 0 Å². The molecule has 0 saturated heterocycles. The summed E-state index contributed by atoms with van der Waals surface area (Å²) in [4.78, 5) is 24.1. The number of para-hydroxylation sites is 1. The summed E-state index contributed by atoms with van der Waals surface area (Å²) in [5, 5.41) is 24.4. The second-order valence-corrected chi connectivity index (χ2v) is 4.51. The van der Waals surface area contributed by atoms with E-state index in [1.165, 1.54) is 6.07 Å². The number of aromatic nitrogens is 1. The Morgan fingerprint density at radius 3 is 2.58 bits per heavy atom. The average Bonchev–Trinajstić information content (AvgIpc) is 2.85. The summed E-state index contributed by atoms with van der Waals surface area (Å²) in [5.41, 5.74) is 0.492. The molecule has 2 aromatic rings. The molecule has 0 amide bonds. The highest BCUT2D eigenvalue weighted by Gasteiger charge is 2.14. The molecule has 8 nitrogen and oxygen atoms in total. The first-order chi connectivity index (χ1) is 9.08. The molecule has 1 heterocycles. The van der Waals surface area contributed by atoms with Crippen LogP contribution >= 0.6 is 11.3 Å². The van der Waals surface area contributed by atoms with Gasteiger partial charge in [0.15, 0.2) is 5.13 Å². The molecular weight excluding hydrogens is 272 g/mol. The zero-order valence-electron chi connectivity index (χ0n) is 9.48. The summed E-state index contributed by atoms with van der Waals surface area (Å²) in [6.45, 7) is 0.182. The number of anilines is 1. The van der Waals surface area contributed by atoms with Crippen LogP contribution in [0.4, 0.5) is 15.8 Å². The number of benzene rings is 1. The fourth-order valence-corrected chi connectivity index (χ4v) is 2.07. The topological polar surface area (TPSA) is 111 Å². The van der Waals surface area contributed by atoms with Crippen LogP contribution in [0, 0.1) is 20.2 Å². The van der Waals surface area contributed by atoms with E-state index >= 15 is 0 Å². The van der Waals surface area contributed by atoms with Crippen molar-refractivity contribution in [3.05, 3.63) is 56.3 Å². The third kappa shape index (κ3) is 3.01. The minimum absolute atomic E-state index is 0.000978. The van der Waals surface area contributed by atoms with Gasteiger partial charge < -0.3 is 5.32 Å². The standard InChI is InChI=1S/C10H8N4O4S/c15-13(16)8-4-2-1-3-7(8)5-11-10-12-6-9(19-10)14(17)18/h1-4,6H,5H2,(H,11,12). The van der Waals surface area contributed by atoms with Crippen molar-refractivity contribution in [3.63, 3.8) is 0 Å². The highest BCUT2D eigenvalue weighted by Crippen LogP contribution is 2.26. The predicted molar refractivity (Wildman–Crippen MR) is 69.2 cm³/mol. The lowest BCUT2D eigenvalue weighted by molar-refractivity contribution is -0.385. The summed E-state index contributed by atoms with van der Waals surface area (Å²) in [5.74, 6) is 0. The molecular formula is C10H8N4O4S. The van der Waals surface area contributed by atoms with Crippen LogP contribution < -0.4 is 5.32 Å². The van der Waals surface area contributed by atoms with Gasteiger partial charge in [-0.1, -0.05) is 18.2 Å². The van der Waals surface area contributed by atoms with Crippen LogP contribution in [-0.4, -0.2) is 14.8 Å².